The molecule has 1 N–H and O–H groups in total. The van der Waals surface area contributed by atoms with Crippen LogP contribution < -0.4 is 5.32 Å². The fourth-order valence-electron chi connectivity index (χ4n) is 2.12. The predicted octanol–water partition coefficient (Wildman–Crippen LogP) is 3.22. The summed E-state index contributed by atoms with van der Waals surface area (Å²) >= 11 is 0. The van der Waals surface area contributed by atoms with Crippen LogP contribution >= 0.6 is 0 Å². The number of nitrogens with zero attached hydrogens (tertiary/aromatic N) is 1. The van der Waals surface area contributed by atoms with Gasteiger partial charge in [-0.1, -0.05) is 30.3 Å². The first kappa shape index (κ1) is 15.7. The maximum atomic E-state index is 9.68. The van der Waals surface area contributed by atoms with Gasteiger partial charge in [0.25, 0.3) is 0 Å². The topological polar surface area (TPSA) is 45.0 Å². The molecule has 0 heterocycles. The van der Waals surface area contributed by atoms with Crippen molar-refractivity contribution in [3.05, 3.63) is 35.9 Å². The Labute approximate surface area is 116 Å². The van der Waals surface area contributed by atoms with Crippen LogP contribution in [0.1, 0.15) is 39.7 Å². The largest absolute Gasteiger partial charge is 0.379 e. The highest BCUT2D eigenvalue weighted by Gasteiger charge is 2.32. The second-order valence-electron chi connectivity index (χ2n) is 5.35. The Balaban J connectivity index is 2.92. The van der Waals surface area contributed by atoms with E-state index in [1.54, 1.807) is 0 Å². The van der Waals surface area contributed by atoms with E-state index in [1.165, 1.54) is 0 Å². The van der Waals surface area contributed by atoms with E-state index in [0.29, 0.717) is 13.0 Å². The van der Waals surface area contributed by atoms with Gasteiger partial charge in [-0.3, -0.25) is 5.32 Å². The highest BCUT2D eigenvalue weighted by atomic mass is 16.5. The Morgan fingerprint density at radius 3 is 2.32 bits per heavy atom. The molecule has 0 saturated carbocycles. The van der Waals surface area contributed by atoms with Crippen LogP contribution in [0.5, 0.6) is 0 Å². The Morgan fingerprint density at radius 2 is 1.84 bits per heavy atom. The van der Waals surface area contributed by atoms with Crippen molar-refractivity contribution in [1.82, 2.24) is 5.32 Å². The Hall–Kier alpha value is -1.37. The fourth-order valence-corrected chi connectivity index (χ4v) is 2.12. The first-order valence-corrected chi connectivity index (χ1v) is 6.86. The zero-order valence-electron chi connectivity index (χ0n) is 12.3. The van der Waals surface area contributed by atoms with Crippen LogP contribution in [0.3, 0.4) is 0 Å². The zero-order chi connectivity index (χ0) is 14.3. The number of benzene rings is 1. The van der Waals surface area contributed by atoms with Crippen LogP contribution in [-0.2, 0) is 10.3 Å². The smallest absolute Gasteiger partial charge is 0.134 e. The molecule has 3 heteroatoms. The number of nitriles is 1. The van der Waals surface area contributed by atoms with Crippen molar-refractivity contribution in [3.63, 3.8) is 0 Å². The van der Waals surface area contributed by atoms with E-state index in [2.05, 4.69) is 25.2 Å². The molecule has 0 aromatic heterocycles. The molecule has 0 saturated heterocycles. The molecule has 3 nitrogen and oxygen atoms in total. The van der Waals surface area contributed by atoms with Crippen LogP contribution in [0, 0.1) is 11.3 Å². The molecule has 19 heavy (non-hydrogen) atoms. The van der Waals surface area contributed by atoms with Gasteiger partial charge in [0.15, 0.2) is 0 Å². The lowest BCUT2D eigenvalue weighted by atomic mass is 9.87. The van der Waals surface area contributed by atoms with Crippen LogP contribution in [0.4, 0.5) is 0 Å². The normalized spacial score (nSPS) is 14.4. The summed E-state index contributed by atoms with van der Waals surface area (Å²) in [6.07, 6.45) is 0.829. The number of hydrogen-bond donors (Lipinski definition) is 1. The van der Waals surface area contributed by atoms with Gasteiger partial charge in [-0.05, 0) is 33.3 Å². The molecular weight excluding hydrogens is 236 g/mol. The second kappa shape index (κ2) is 7.28. The molecule has 0 aliphatic carbocycles. The summed E-state index contributed by atoms with van der Waals surface area (Å²) in [6.45, 7) is 8.69. The van der Waals surface area contributed by atoms with Gasteiger partial charge in [0.1, 0.15) is 5.54 Å². The van der Waals surface area contributed by atoms with Crippen molar-refractivity contribution in [1.29, 1.82) is 5.26 Å². The highest BCUT2D eigenvalue weighted by Crippen LogP contribution is 2.25. The monoisotopic (exact) mass is 260 g/mol. The van der Waals surface area contributed by atoms with Crippen molar-refractivity contribution in [3.8, 4) is 6.07 Å². The summed E-state index contributed by atoms with van der Waals surface area (Å²) < 4.78 is 5.61. The third-order valence-corrected chi connectivity index (χ3v) is 2.92. The number of hydrogen-bond acceptors (Lipinski definition) is 3. The minimum atomic E-state index is -0.676. The van der Waals surface area contributed by atoms with Gasteiger partial charge in [-0.15, -0.1) is 0 Å². The summed E-state index contributed by atoms with van der Waals surface area (Å²) in [6, 6.07) is 12.6. The Bertz CT molecular complexity index is 409. The van der Waals surface area contributed by atoms with Crippen LogP contribution in [0.2, 0.25) is 0 Å². The van der Waals surface area contributed by atoms with Crippen molar-refractivity contribution in [2.75, 3.05) is 6.61 Å². The number of ether oxygens (including phenoxy) is 1. The molecule has 1 aromatic carbocycles. The SMILES string of the molecule is CC(C)NC(C#N)(CCOC(C)C)c1ccccc1. The van der Waals surface area contributed by atoms with Gasteiger partial charge >= 0.3 is 0 Å². The first-order valence-electron chi connectivity index (χ1n) is 6.86. The molecule has 1 atom stereocenters. The van der Waals surface area contributed by atoms with Gasteiger partial charge < -0.3 is 4.74 Å². The molecule has 0 aliphatic rings. The van der Waals surface area contributed by atoms with Gasteiger partial charge in [-0.2, -0.15) is 5.26 Å². The minimum Gasteiger partial charge on any atom is -0.379 e. The van der Waals surface area contributed by atoms with E-state index >= 15 is 0 Å². The average molecular weight is 260 g/mol. The molecule has 1 aromatic rings. The quantitative estimate of drug-likeness (QED) is 0.818. The maximum absolute atomic E-state index is 9.68. The van der Waals surface area contributed by atoms with Crippen LogP contribution in [0.25, 0.3) is 0 Å². The third kappa shape index (κ3) is 4.66. The Morgan fingerprint density at radius 1 is 1.21 bits per heavy atom. The zero-order valence-corrected chi connectivity index (χ0v) is 12.3. The molecule has 0 fully saturated rings. The molecule has 0 bridgehead atoms. The van der Waals surface area contributed by atoms with Crippen LogP contribution in [-0.4, -0.2) is 18.8 Å². The lowest BCUT2D eigenvalue weighted by Crippen LogP contribution is -2.46. The molecule has 104 valence electrons. The molecule has 0 aliphatic heterocycles. The van der Waals surface area contributed by atoms with E-state index in [1.807, 2.05) is 44.2 Å². The van der Waals surface area contributed by atoms with E-state index in [0.717, 1.165) is 5.56 Å². The Kier molecular flexibility index (Phi) is 6.01. The predicted molar refractivity (Wildman–Crippen MR) is 77.7 cm³/mol. The molecular formula is C16H24N2O. The van der Waals surface area contributed by atoms with E-state index in [4.69, 9.17) is 4.74 Å². The molecule has 1 rings (SSSR count). The third-order valence-electron chi connectivity index (χ3n) is 2.92. The van der Waals surface area contributed by atoms with Gasteiger partial charge in [-0.25, -0.2) is 0 Å². The van der Waals surface area contributed by atoms with E-state index in [9.17, 15) is 5.26 Å². The number of rotatable bonds is 7. The van der Waals surface area contributed by atoms with Crippen molar-refractivity contribution >= 4 is 0 Å². The summed E-state index contributed by atoms with van der Waals surface area (Å²) in [5.41, 5.74) is 0.322. The lowest BCUT2D eigenvalue weighted by Gasteiger charge is -2.31. The minimum absolute atomic E-state index is 0.186. The van der Waals surface area contributed by atoms with E-state index < -0.39 is 5.54 Å². The molecule has 1 unspecified atom stereocenters. The second-order valence-corrected chi connectivity index (χ2v) is 5.35. The van der Waals surface area contributed by atoms with Crippen molar-refractivity contribution in [2.45, 2.75) is 51.8 Å². The van der Waals surface area contributed by atoms with Gasteiger partial charge in [0.05, 0.1) is 18.8 Å². The lowest BCUT2D eigenvalue weighted by molar-refractivity contribution is 0.0647. The summed E-state index contributed by atoms with van der Waals surface area (Å²) in [7, 11) is 0. The van der Waals surface area contributed by atoms with Crippen molar-refractivity contribution in [2.24, 2.45) is 0 Å². The van der Waals surface area contributed by atoms with Crippen LogP contribution in [0.15, 0.2) is 30.3 Å². The number of nitrogens with one attached hydrogen (secondary N) is 1. The first-order chi connectivity index (χ1) is 9.00. The average Bonchev–Trinajstić information content (AvgIpc) is 2.37. The fraction of sp³-hybridized carbons (Fsp3) is 0.562. The summed E-state index contributed by atoms with van der Waals surface area (Å²) in [5.74, 6) is 0. The molecule has 0 spiro atoms. The van der Waals surface area contributed by atoms with E-state index in [-0.39, 0.29) is 12.1 Å². The maximum Gasteiger partial charge on any atom is 0.134 e. The summed E-state index contributed by atoms with van der Waals surface area (Å²) in [5, 5.41) is 13.1. The molecule has 0 radical (unpaired) electrons. The van der Waals surface area contributed by atoms with Gasteiger partial charge in [0.2, 0.25) is 0 Å². The standard InChI is InChI=1S/C16H24N2O/c1-13(2)18-16(12-17,10-11-19-14(3)4)15-8-6-5-7-9-15/h5-9,13-14,18H,10-11H2,1-4H3. The molecule has 0 amide bonds. The van der Waals surface area contributed by atoms with Gasteiger partial charge in [0, 0.05) is 12.5 Å². The summed E-state index contributed by atoms with van der Waals surface area (Å²) in [4.78, 5) is 0. The highest BCUT2D eigenvalue weighted by molar-refractivity contribution is 5.31. The van der Waals surface area contributed by atoms with Crippen molar-refractivity contribution < 1.29 is 4.74 Å².